The number of hydrogen-bond acceptors (Lipinski definition) is 11. The van der Waals surface area contributed by atoms with E-state index in [1.54, 1.807) is 0 Å². The summed E-state index contributed by atoms with van der Waals surface area (Å²) in [7, 11) is -3.19. The van der Waals surface area contributed by atoms with Gasteiger partial charge in [-0.1, -0.05) is 0 Å². The minimum atomic E-state index is -4.64. The van der Waals surface area contributed by atoms with Crippen LogP contribution in [0.3, 0.4) is 0 Å². The van der Waals surface area contributed by atoms with Crippen molar-refractivity contribution in [3.8, 4) is 5.88 Å². The van der Waals surface area contributed by atoms with Crippen LogP contribution in [0.4, 0.5) is 17.5 Å². The van der Waals surface area contributed by atoms with Gasteiger partial charge in [-0.3, -0.25) is 4.52 Å². The number of rotatable bonds is 4. The van der Waals surface area contributed by atoms with E-state index in [-0.39, 0.29) is 18.4 Å². The molecule has 3 rings (SSSR count). The molecule has 1 aromatic heterocycles. The van der Waals surface area contributed by atoms with Gasteiger partial charge >= 0.3 is 7.82 Å². The second-order valence-corrected chi connectivity index (χ2v) is 7.39. The van der Waals surface area contributed by atoms with Gasteiger partial charge in [-0.15, -0.1) is 25.3 Å². The number of phosphoric ester groups is 1. The van der Waals surface area contributed by atoms with E-state index in [0.29, 0.717) is 21.3 Å². The van der Waals surface area contributed by atoms with E-state index in [0.717, 1.165) is 0 Å². The molecular formula is C11H16N5O6PS2. The van der Waals surface area contributed by atoms with Crippen LogP contribution in [0, 0.1) is 0 Å². The highest BCUT2D eigenvalue weighted by Gasteiger charge is 2.41. The molecule has 0 bridgehead atoms. The van der Waals surface area contributed by atoms with Crippen molar-refractivity contribution in [1.29, 1.82) is 0 Å². The number of hydrogen-bond donors (Lipinski definition) is 7. The maximum absolute atomic E-state index is 10.9. The van der Waals surface area contributed by atoms with Gasteiger partial charge in [0.05, 0.1) is 13.7 Å². The number of anilines is 3. The predicted octanol–water partition coefficient (Wildman–Crippen LogP) is 0.179. The molecule has 0 saturated carbocycles. The standard InChI is InChI=1S/C11H16N5O6PS2/c1-20-9-5-8(15-11(12)16-9)14-10-4(13-5)7(25)6(24)3(22-10)2-21-23(17,18)19/h3-4,10,13,24-25H,2H2,1H3,(H2,17,18,19)(H3,12,14,15,16)/t3-,4+,10-/m1/s1. The van der Waals surface area contributed by atoms with Crippen LogP contribution in [-0.2, 0) is 13.8 Å². The van der Waals surface area contributed by atoms with Gasteiger partial charge in [0, 0.05) is 9.81 Å². The monoisotopic (exact) mass is 409 g/mol. The maximum atomic E-state index is 10.9. The van der Waals surface area contributed by atoms with Crippen LogP contribution in [0.2, 0.25) is 0 Å². The zero-order valence-corrected chi connectivity index (χ0v) is 15.5. The predicted molar refractivity (Wildman–Crippen MR) is 95.7 cm³/mol. The first-order chi connectivity index (χ1) is 11.7. The molecule has 0 amide bonds. The molecule has 0 unspecified atom stereocenters. The van der Waals surface area contributed by atoms with Crippen LogP contribution in [-0.4, -0.2) is 51.8 Å². The van der Waals surface area contributed by atoms with E-state index in [2.05, 4.69) is 50.4 Å². The van der Waals surface area contributed by atoms with E-state index in [1.165, 1.54) is 7.11 Å². The number of nitrogens with zero attached hydrogens (tertiary/aromatic N) is 2. The highest BCUT2D eigenvalue weighted by atomic mass is 32.1. The highest BCUT2D eigenvalue weighted by molar-refractivity contribution is 7.88. The number of phosphoric acid groups is 1. The number of nitrogen functional groups attached to an aromatic ring is 1. The molecule has 0 saturated heterocycles. The smallest absolute Gasteiger partial charge is 0.469 e. The van der Waals surface area contributed by atoms with Crippen molar-refractivity contribution in [2.75, 3.05) is 30.1 Å². The Morgan fingerprint density at radius 2 is 2.04 bits per heavy atom. The second kappa shape index (κ2) is 6.83. The summed E-state index contributed by atoms with van der Waals surface area (Å²) in [5.74, 6) is 0.628. The van der Waals surface area contributed by atoms with Crippen LogP contribution in [0.1, 0.15) is 0 Å². The Morgan fingerprint density at radius 1 is 1.32 bits per heavy atom. The molecule has 3 atom stereocenters. The van der Waals surface area contributed by atoms with Crippen LogP contribution >= 0.6 is 33.1 Å². The average molecular weight is 409 g/mol. The van der Waals surface area contributed by atoms with Crippen LogP contribution < -0.4 is 21.1 Å². The van der Waals surface area contributed by atoms with Crippen molar-refractivity contribution in [3.63, 3.8) is 0 Å². The number of thiol groups is 2. The van der Waals surface area contributed by atoms with Gasteiger partial charge in [0.15, 0.2) is 12.0 Å². The van der Waals surface area contributed by atoms with Gasteiger partial charge in [0.1, 0.15) is 17.8 Å². The van der Waals surface area contributed by atoms with E-state index in [9.17, 15) is 4.57 Å². The lowest BCUT2D eigenvalue weighted by molar-refractivity contribution is -0.0154. The molecule has 0 aliphatic carbocycles. The van der Waals surface area contributed by atoms with Crippen molar-refractivity contribution < 1.29 is 28.3 Å². The van der Waals surface area contributed by atoms with Crippen molar-refractivity contribution in [2.45, 2.75) is 18.4 Å². The normalized spacial score (nSPS) is 25.6. The lowest BCUT2D eigenvalue weighted by Gasteiger charge is -2.41. The Hall–Kier alpha value is -1.21. The highest BCUT2D eigenvalue weighted by Crippen LogP contribution is 2.43. The number of aromatic nitrogens is 2. The second-order valence-electron chi connectivity index (χ2n) is 5.18. The van der Waals surface area contributed by atoms with E-state index >= 15 is 0 Å². The summed E-state index contributed by atoms with van der Waals surface area (Å²) in [6, 6.07) is -0.448. The SMILES string of the molecule is COc1nc(N)nc2c1N[C@H]1C(S)=C(S)[C@@H](COP(=O)(O)O)O[C@H]1N2. The molecule has 0 spiro atoms. The molecule has 1 aromatic rings. The summed E-state index contributed by atoms with van der Waals surface area (Å²) in [5, 5.41) is 6.18. The van der Waals surface area contributed by atoms with Gasteiger partial charge in [-0.05, 0) is 0 Å². The molecule has 0 fully saturated rings. The first-order valence-electron chi connectivity index (χ1n) is 6.91. The molecule has 14 heteroatoms. The molecule has 0 aromatic carbocycles. The quantitative estimate of drug-likeness (QED) is 0.268. The Labute approximate surface area is 153 Å². The third-order valence-corrected chi connectivity index (χ3v) is 5.24. The summed E-state index contributed by atoms with van der Waals surface area (Å²) >= 11 is 8.77. The van der Waals surface area contributed by atoms with Crippen LogP contribution in [0.5, 0.6) is 5.88 Å². The van der Waals surface area contributed by atoms with Gasteiger partial charge in [0.25, 0.3) is 0 Å². The Balaban J connectivity index is 1.88. The zero-order valence-electron chi connectivity index (χ0n) is 12.8. The van der Waals surface area contributed by atoms with E-state index in [1.807, 2.05) is 0 Å². The number of methoxy groups -OCH3 is 1. The fourth-order valence-corrected chi connectivity index (χ4v) is 3.41. The molecule has 138 valence electrons. The van der Waals surface area contributed by atoms with Crippen molar-refractivity contribution in [2.24, 2.45) is 0 Å². The third kappa shape index (κ3) is 3.82. The molecule has 11 nitrogen and oxygen atoms in total. The fourth-order valence-electron chi connectivity index (χ4n) is 2.46. The summed E-state index contributed by atoms with van der Waals surface area (Å²) in [4.78, 5) is 26.7. The minimum absolute atomic E-state index is 0.0112. The average Bonchev–Trinajstić information content (AvgIpc) is 2.54. The Bertz CT molecular complexity index is 774. The van der Waals surface area contributed by atoms with Crippen molar-refractivity contribution in [1.82, 2.24) is 9.97 Å². The zero-order chi connectivity index (χ0) is 18.4. The summed E-state index contributed by atoms with van der Waals surface area (Å²) in [5.41, 5.74) is 6.13. The first-order valence-corrected chi connectivity index (χ1v) is 9.34. The molecular weight excluding hydrogens is 393 g/mol. The number of nitrogens with one attached hydrogen (secondary N) is 2. The lowest BCUT2D eigenvalue weighted by atomic mass is 10.1. The van der Waals surface area contributed by atoms with Gasteiger partial charge in [-0.25, -0.2) is 4.57 Å². The summed E-state index contributed by atoms with van der Waals surface area (Å²) < 4.78 is 26.4. The number of fused-ring (bicyclic) bond motifs is 2. The Morgan fingerprint density at radius 3 is 2.68 bits per heavy atom. The molecule has 0 radical (unpaired) electrons. The van der Waals surface area contributed by atoms with E-state index in [4.69, 9.17) is 25.0 Å². The molecule has 6 N–H and O–H groups in total. The van der Waals surface area contributed by atoms with Crippen LogP contribution in [0.25, 0.3) is 0 Å². The molecule has 3 heterocycles. The third-order valence-electron chi connectivity index (χ3n) is 3.53. The van der Waals surface area contributed by atoms with Crippen LogP contribution in [0.15, 0.2) is 9.81 Å². The lowest BCUT2D eigenvalue weighted by Crippen LogP contribution is -2.51. The minimum Gasteiger partial charge on any atom is -0.479 e. The molecule has 2 aliphatic rings. The van der Waals surface area contributed by atoms with Gasteiger partial charge < -0.3 is 35.6 Å². The van der Waals surface area contributed by atoms with Gasteiger partial charge in [0.2, 0.25) is 11.8 Å². The van der Waals surface area contributed by atoms with Gasteiger partial charge in [-0.2, -0.15) is 9.97 Å². The van der Waals surface area contributed by atoms with Crippen molar-refractivity contribution in [3.05, 3.63) is 9.81 Å². The topological polar surface area (TPSA) is 161 Å². The van der Waals surface area contributed by atoms with Crippen molar-refractivity contribution >= 4 is 50.5 Å². The number of nitrogens with two attached hydrogens (primary N) is 1. The fraction of sp³-hybridized carbons (Fsp3) is 0.455. The first kappa shape index (κ1) is 18.6. The number of ether oxygens (including phenoxy) is 2. The summed E-state index contributed by atoms with van der Waals surface area (Å²) in [6.07, 6.45) is -1.47. The summed E-state index contributed by atoms with van der Waals surface area (Å²) in [6.45, 7) is -0.389. The molecule has 2 aliphatic heterocycles. The largest absolute Gasteiger partial charge is 0.479 e. The Kier molecular flexibility index (Phi) is 5.08. The van der Waals surface area contributed by atoms with E-state index < -0.39 is 26.2 Å². The molecule has 25 heavy (non-hydrogen) atoms. The maximum Gasteiger partial charge on any atom is 0.469 e.